The molecule has 0 radical (unpaired) electrons. The Morgan fingerprint density at radius 2 is 1.67 bits per heavy atom. The van der Waals surface area contributed by atoms with Crippen molar-refractivity contribution in [2.24, 2.45) is 0 Å². The molecule has 7 nitrogen and oxygen atoms in total. The van der Waals surface area contributed by atoms with Crippen molar-refractivity contribution in [3.63, 3.8) is 0 Å². The number of benzene rings is 3. The van der Waals surface area contributed by atoms with Gasteiger partial charge in [-0.25, -0.2) is 0 Å². The van der Waals surface area contributed by atoms with Gasteiger partial charge in [0, 0.05) is 11.3 Å². The first-order chi connectivity index (χ1) is 20.7. The fourth-order valence-electron chi connectivity index (χ4n) is 4.79. The van der Waals surface area contributed by atoms with Crippen LogP contribution in [-0.4, -0.2) is 33.6 Å². The lowest BCUT2D eigenvalue weighted by Crippen LogP contribution is -2.29. The summed E-state index contributed by atoms with van der Waals surface area (Å²) in [4.78, 5) is 28.6. The van der Waals surface area contributed by atoms with Crippen molar-refractivity contribution >= 4 is 45.7 Å². The van der Waals surface area contributed by atoms with E-state index in [1.165, 1.54) is 28.0 Å². The van der Waals surface area contributed by atoms with Gasteiger partial charge in [0.25, 0.3) is 5.78 Å². The maximum Gasteiger partial charge on any atom is 0.301 e. The van der Waals surface area contributed by atoms with E-state index in [4.69, 9.17) is 4.74 Å². The lowest BCUT2D eigenvalue weighted by Gasteiger charge is -2.24. The molecule has 4 aromatic rings. The van der Waals surface area contributed by atoms with E-state index < -0.39 is 17.7 Å². The van der Waals surface area contributed by atoms with Crippen molar-refractivity contribution in [1.29, 1.82) is 0 Å². The number of hydrogen-bond acceptors (Lipinski definition) is 8. The summed E-state index contributed by atoms with van der Waals surface area (Å²) in [6.45, 7) is 9.07. The van der Waals surface area contributed by atoms with Crippen LogP contribution in [0.25, 0.3) is 5.76 Å². The minimum Gasteiger partial charge on any atom is -0.507 e. The number of aromatic nitrogens is 2. The molecule has 1 unspecified atom stereocenters. The minimum atomic E-state index is -0.866. The van der Waals surface area contributed by atoms with Crippen LogP contribution in [0, 0.1) is 0 Å². The highest BCUT2D eigenvalue weighted by atomic mass is 32.2. The Morgan fingerprint density at radius 3 is 2.33 bits per heavy atom. The number of ketones is 1. The molecule has 43 heavy (non-hydrogen) atoms. The van der Waals surface area contributed by atoms with Gasteiger partial charge in [-0.15, -0.1) is 10.2 Å². The van der Waals surface area contributed by atoms with Gasteiger partial charge in [0.15, 0.2) is 4.34 Å². The third-order valence-electron chi connectivity index (χ3n) is 7.24. The molecule has 0 saturated carbocycles. The summed E-state index contributed by atoms with van der Waals surface area (Å²) < 4.78 is 6.44. The van der Waals surface area contributed by atoms with Crippen LogP contribution in [0.2, 0.25) is 0 Å². The van der Waals surface area contributed by atoms with Gasteiger partial charge < -0.3 is 9.84 Å². The number of rotatable bonds is 10. The van der Waals surface area contributed by atoms with E-state index in [2.05, 4.69) is 37.9 Å². The fraction of sp³-hybridized carbons (Fsp3) is 0.294. The number of hydrogen-bond donors (Lipinski definition) is 1. The Hall–Kier alpha value is -3.95. The highest BCUT2D eigenvalue weighted by Crippen LogP contribution is 2.44. The first-order valence-electron chi connectivity index (χ1n) is 14.3. The van der Waals surface area contributed by atoms with Crippen molar-refractivity contribution in [3.05, 3.63) is 107 Å². The minimum absolute atomic E-state index is 0.0156. The summed E-state index contributed by atoms with van der Waals surface area (Å²) in [6, 6.07) is 23.9. The van der Waals surface area contributed by atoms with Crippen LogP contribution >= 0.6 is 23.1 Å². The SMILES string of the molecule is CCCCOc1ccc(C(O)=C2C(=O)C(=O)N(c3nnc(SCc4ccccc4)s3)C2c2ccc(C(C)(C)C)cc2)cc1. The lowest BCUT2D eigenvalue weighted by molar-refractivity contribution is -0.132. The summed E-state index contributed by atoms with van der Waals surface area (Å²) in [5.74, 6) is -0.381. The number of thioether (sulfide) groups is 1. The van der Waals surface area contributed by atoms with Gasteiger partial charge in [-0.1, -0.05) is 112 Å². The largest absolute Gasteiger partial charge is 0.507 e. The summed E-state index contributed by atoms with van der Waals surface area (Å²) in [6.07, 6.45) is 1.97. The molecule has 1 saturated heterocycles. The Morgan fingerprint density at radius 1 is 0.977 bits per heavy atom. The van der Waals surface area contributed by atoms with Gasteiger partial charge >= 0.3 is 5.91 Å². The topological polar surface area (TPSA) is 92.6 Å². The number of nitrogens with zero attached hydrogens (tertiary/aromatic N) is 3. The van der Waals surface area contributed by atoms with E-state index in [-0.39, 0.29) is 16.7 Å². The highest BCUT2D eigenvalue weighted by molar-refractivity contribution is 8.00. The molecule has 1 aromatic heterocycles. The van der Waals surface area contributed by atoms with Crippen molar-refractivity contribution in [2.75, 3.05) is 11.5 Å². The monoisotopic (exact) mass is 613 g/mol. The average Bonchev–Trinajstić information content (AvgIpc) is 3.58. The average molecular weight is 614 g/mol. The summed E-state index contributed by atoms with van der Waals surface area (Å²) in [5.41, 5.74) is 3.32. The van der Waals surface area contributed by atoms with E-state index in [0.717, 1.165) is 24.0 Å². The number of anilines is 1. The van der Waals surface area contributed by atoms with Crippen LogP contribution in [0.4, 0.5) is 5.13 Å². The number of unbranched alkanes of at least 4 members (excludes halogenated alkanes) is 1. The Balaban J connectivity index is 1.52. The molecule has 5 rings (SSSR count). The molecule has 222 valence electrons. The van der Waals surface area contributed by atoms with E-state index in [1.54, 1.807) is 24.3 Å². The zero-order valence-electron chi connectivity index (χ0n) is 24.7. The summed E-state index contributed by atoms with van der Waals surface area (Å²) in [5, 5.41) is 20.5. The zero-order valence-corrected chi connectivity index (χ0v) is 26.4. The van der Waals surface area contributed by atoms with Crippen LogP contribution in [0.1, 0.15) is 68.8 Å². The number of aliphatic hydroxyl groups excluding tert-OH is 1. The van der Waals surface area contributed by atoms with Gasteiger partial charge in [-0.3, -0.25) is 14.5 Å². The molecule has 0 bridgehead atoms. The second-order valence-corrected chi connectivity index (χ2v) is 13.6. The molecule has 0 spiro atoms. The first-order valence-corrected chi connectivity index (χ1v) is 16.1. The van der Waals surface area contributed by atoms with Crippen LogP contribution in [0.3, 0.4) is 0 Å². The molecule has 2 heterocycles. The summed E-state index contributed by atoms with van der Waals surface area (Å²) in [7, 11) is 0. The van der Waals surface area contributed by atoms with E-state index >= 15 is 0 Å². The number of amides is 1. The Bertz CT molecular complexity index is 1610. The number of aliphatic hydroxyl groups is 1. The molecule has 1 fully saturated rings. The lowest BCUT2D eigenvalue weighted by atomic mass is 9.85. The van der Waals surface area contributed by atoms with Crippen molar-refractivity contribution in [2.45, 2.75) is 62.1 Å². The third-order valence-corrected chi connectivity index (χ3v) is 9.37. The molecule has 0 aliphatic carbocycles. The molecule has 1 aliphatic heterocycles. The predicted molar refractivity (Wildman–Crippen MR) is 173 cm³/mol. The molecule has 1 aliphatic rings. The molecule has 1 amide bonds. The highest BCUT2D eigenvalue weighted by Gasteiger charge is 2.48. The number of Topliss-reactive ketones (excluding diaryl/α,β-unsaturated/α-hetero) is 1. The fourth-order valence-corrected chi connectivity index (χ4v) is 6.61. The number of ether oxygens (including phenoxy) is 1. The Kier molecular flexibility index (Phi) is 9.32. The van der Waals surface area contributed by atoms with Crippen molar-refractivity contribution in [3.8, 4) is 5.75 Å². The third kappa shape index (κ3) is 6.84. The zero-order chi connectivity index (χ0) is 30.6. The van der Waals surface area contributed by atoms with Gasteiger partial charge in [0.2, 0.25) is 5.13 Å². The standard InChI is InChI=1S/C34H35N3O4S2/c1-5-6-20-41-26-18-14-24(15-19-26)29(38)27-28(23-12-16-25(17-13-23)34(2,3)4)37(31(40)30(27)39)32-35-36-33(43-32)42-21-22-10-8-7-9-11-22/h7-19,28,38H,5-6,20-21H2,1-4H3. The van der Waals surface area contributed by atoms with Crippen LogP contribution in [0.15, 0.2) is 88.8 Å². The molecular weight excluding hydrogens is 579 g/mol. The quantitative estimate of drug-likeness (QED) is 0.0485. The smallest absolute Gasteiger partial charge is 0.301 e. The number of carbonyl (C=O) groups is 2. The second-order valence-electron chi connectivity index (χ2n) is 11.4. The van der Waals surface area contributed by atoms with E-state index in [1.807, 2.05) is 54.6 Å². The molecule has 1 N–H and O–H groups in total. The predicted octanol–water partition coefficient (Wildman–Crippen LogP) is 7.93. The maximum absolute atomic E-state index is 13.6. The van der Waals surface area contributed by atoms with Gasteiger partial charge in [0.1, 0.15) is 11.5 Å². The molecule has 9 heteroatoms. The Labute approximate surface area is 260 Å². The molecule has 1 atom stereocenters. The van der Waals surface area contributed by atoms with Crippen LogP contribution in [-0.2, 0) is 20.8 Å². The van der Waals surface area contributed by atoms with Crippen LogP contribution < -0.4 is 9.64 Å². The van der Waals surface area contributed by atoms with E-state index in [9.17, 15) is 14.7 Å². The molecule has 3 aromatic carbocycles. The van der Waals surface area contributed by atoms with Gasteiger partial charge in [-0.2, -0.15) is 0 Å². The van der Waals surface area contributed by atoms with Gasteiger partial charge in [-0.05, 0) is 52.8 Å². The molecular formula is C34H35N3O4S2. The van der Waals surface area contributed by atoms with E-state index in [0.29, 0.717) is 38.7 Å². The van der Waals surface area contributed by atoms with Crippen molar-refractivity contribution < 1.29 is 19.4 Å². The van der Waals surface area contributed by atoms with Gasteiger partial charge in [0.05, 0.1) is 18.2 Å². The van der Waals surface area contributed by atoms with Crippen LogP contribution in [0.5, 0.6) is 5.75 Å². The maximum atomic E-state index is 13.6. The van der Waals surface area contributed by atoms with Crippen molar-refractivity contribution in [1.82, 2.24) is 10.2 Å². The second kappa shape index (κ2) is 13.1. The first kappa shape index (κ1) is 30.5. The summed E-state index contributed by atoms with van der Waals surface area (Å²) >= 11 is 2.77. The normalized spacial score (nSPS) is 16.6. The number of carbonyl (C=O) groups excluding carboxylic acids is 2.